The van der Waals surface area contributed by atoms with E-state index in [1.54, 1.807) is 22.7 Å². The zero-order valence-electron chi connectivity index (χ0n) is 14.7. The van der Waals surface area contributed by atoms with Crippen LogP contribution in [0.3, 0.4) is 0 Å². The molecule has 1 saturated carbocycles. The van der Waals surface area contributed by atoms with Gasteiger partial charge in [0, 0.05) is 23.0 Å². The first-order valence-corrected chi connectivity index (χ1v) is 10.7. The molecule has 1 fully saturated rings. The molecule has 3 aromatic rings. The molecule has 0 spiro atoms. The number of amides is 2. The van der Waals surface area contributed by atoms with Gasteiger partial charge in [-0.05, 0) is 30.7 Å². The maximum Gasteiger partial charge on any atom is 0.320 e. The molecule has 4 rings (SSSR count). The third-order valence-electron chi connectivity index (χ3n) is 4.45. The number of thiazole rings is 1. The van der Waals surface area contributed by atoms with Gasteiger partial charge in [0.05, 0.1) is 11.0 Å². The molecule has 1 atom stereocenters. The van der Waals surface area contributed by atoms with Crippen molar-refractivity contribution in [2.75, 3.05) is 11.9 Å². The van der Waals surface area contributed by atoms with Gasteiger partial charge in [0.25, 0.3) is 0 Å². The number of thiophene rings is 1. The van der Waals surface area contributed by atoms with Crippen molar-refractivity contribution in [3.63, 3.8) is 0 Å². The summed E-state index contributed by atoms with van der Waals surface area (Å²) in [6.07, 6.45) is 2.82. The van der Waals surface area contributed by atoms with Gasteiger partial charge >= 0.3 is 6.03 Å². The molecular formula is C20H21N3O2S2. The number of aliphatic hydroxyl groups excluding tert-OH is 1. The number of aliphatic hydroxyl groups is 1. The maximum atomic E-state index is 12.7. The first kappa shape index (κ1) is 18.2. The van der Waals surface area contributed by atoms with Gasteiger partial charge < -0.3 is 10.4 Å². The summed E-state index contributed by atoms with van der Waals surface area (Å²) < 4.78 is 0. The molecule has 1 aliphatic rings. The molecule has 5 nitrogen and oxygen atoms in total. The van der Waals surface area contributed by atoms with Crippen molar-refractivity contribution in [1.82, 2.24) is 10.3 Å². The zero-order valence-corrected chi connectivity index (χ0v) is 16.4. The molecule has 0 radical (unpaired) electrons. The van der Waals surface area contributed by atoms with Crippen LogP contribution in [0.2, 0.25) is 0 Å². The predicted octanol–water partition coefficient (Wildman–Crippen LogP) is 4.99. The molecule has 0 aliphatic heterocycles. The molecule has 2 amide bonds. The molecule has 7 heteroatoms. The summed E-state index contributed by atoms with van der Waals surface area (Å²) in [5.41, 5.74) is 1.83. The second-order valence-electron chi connectivity index (χ2n) is 6.55. The van der Waals surface area contributed by atoms with Gasteiger partial charge in [-0.3, -0.25) is 5.32 Å². The summed E-state index contributed by atoms with van der Waals surface area (Å²) in [5.74, 6) is 0.532. The number of urea groups is 1. The zero-order chi connectivity index (χ0) is 18.6. The van der Waals surface area contributed by atoms with Crippen molar-refractivity contribution in [3.8, 4) is 11.3 Å². The number of benzene rings is 1. The normalized spacial score (nSPS) is 14.7. The van der Waals surface area contributed by atoms with E-state index in [4.69, 9.17) is 4.98 Å². The molecule has 1 aliphatic carbocycles. The second-order valence-corrected chi connectivity index (χ2v) is 8.56. The highest BCUT2D eigenvalue weighted by Gasteiger charge is 2.29. The van der Waals surface area contributed by atoms with Crippen molar-refractivity contribution < 1.29 is 9.90 Å². The van der Waals surface area contributed by atoms with Crippen molar-refractivity contribution in [2.24, 2.45) is 0 Å². The molecule has 0 saturated heterocycles. The van der Waals surface area contributed by atoms with Gasteiger partial charge in [-0.15, -0.1) is 22.7 Å². The SMILES string of the molecule is O=C(Nc1sc(C2CC2)nc1-c1ccccc1)NC(CCO)c1cccs1. The van der Waals surface area contributed by atoms with Crippen LogP contribution >= 0.6 is 22.7 Å². The fourth-order valence-corrected chi connectivity index (χ4v) is 4.88. The van der Waals surface area contributed by atoms with Crippen molar-refractivity contribution in [2.45, 2.75) is 31.2 Å². The van der Waals surface area contributed by atoms with E-state index in [9.17, 15) is 9.90 Å². The van der Waals surface area contributed by atoms with E-state index in [1.807, 2.05) is 47.8 Å². The van der Waals surface area contributed by atoms with Gasteiger partial charge in [-0.25, -0.2) is 9.78 Å². The van der Waals surface area contributed by atoms with Crippen LogP contribution in [0.1, 0.15) is 41.1 Å². The highest BCUT2D eigenvalue weighted by Crippen LogP contribution is 2.46. The Morgan fingerprint density at radius 1 is 1.22 bits per heavy atom. The number of anilines is 1. The van der Waals surface area contributed by atoms with Crippen LogP contribution in [0.25, 0.3) is 11.3 Å². The van der Waals surface area contributed by atoms with E-state index < -0.39 is 0 Å². The first-order valence-electron chi connectivity index (χ1n) is 9.02. The van der Waals surface area contributed by atoms with Crippen LogP contribution < -0.4 is 10.6 Å². The minimum Gasteiger partial charge on any atom is -0.396 e. The highest BCUT2D eigenvalue weighted by molar-refractivity contribution is 7.16. The predicted molar refractivity (Wildman–Crippen MR) is 110 cm³/mol. The average Bonchev–Trinajstić information content (AvgIpc) is 3.22. The largest absolute Gasteiger partial charge is 0.396 e. The number of hydrogen-bond donors (Lipinski definition) is 3. The number of aromatic nitrogens is 1. The number of carbonyl (C=O) groups excluding carboxylic acids is 1. The Morgan fingerprint density at radius 3 is 2.70 bits per heavy atom. The number of carbonyl (C=O) groups is 1. The topological polar surface area (TPSA) is 74.2 Å². The Bertz CT molecular complexity index is 889. The fourth-order valence-electron chi connectivity index (χ4n) is 2.92. The molecule has 0 bridgehead atoms. The minimum absolute atomic E-state index is 0.0184. The van der Waals surface area contributed by atoms with Crippen molar-refractivity contribution >= 4 is 33.7 Å². The van der Waals surface area contributed by atoms with Crippen LogP contribution in [0.5, 0.6) is 0 Å². The van der Waals surface area contributed by atoms with Crippen molar-refractivity contribution in [3.05, 3.63) is 57.7 Å². The molecule has 27 heavy (non-hydrogen) atoms. The van der Waals surface area contributed by atoms with Gasteiger partial charge in [0.15, 0.2) is 0 Å². The number of hydrogen-bond acceptors (Lipinski definition) is 5. The number of rotatable bonds is 7. The summed E-state index contributed by atoms with van der Waals surface area (Å²) in [6.45, 7) is 0.0184. The highest BCUT2D eigenvalue weighted by atomic mass is 32.1. The molecule has 2 heterocycles. The summed E-state index contributed by atoms with van der Waals surface area (Å²) in [7, 11) is 0. The van der Waals surface area contributed by atoms with E-state index in [-0.39, 0.29) is 18.7 Å². The Hall–Kier alpha value is -2.22. The van der Waals surface area contributed by atoms with E-state index in [1.165, 1.54) is 12.8 Å². The molecular weight excluding hydrogens is 378 g/mol. The average molecular weight is 400 g/mol. The lowest BCUT2D eigenvalue weighted by molar-refractivity contribution is 0.239. The van der Waals surface area contributed by atoms with Gasteiger partial charge in [0.2, 0.25) is 0 Å². The maximum absolute atomic E-state index is 12.7. The summed E-state index contributed by atoms with van der Waals surface area (Å²) in [6, 6.07) is 13.4. The first-order chi connectivity index (χ1) is 13.2. The Morgan fingerprint density at radius 2 is 2.04 bits per heavy atom. The third-order valence-corrected chi connectivity index (χ3v) is 6.57. The number of nitrogens with one attached hydrogen (secondary N) is 2. The van der Waals surface area contributed by atoms with Crippen LogP contribution in [-0.4, -0.2) is 22.7 Å². The number of nitrogens with zero attached hydrogens (tertiary/aromatic N) is 1. The minimum atomic E-state index is -0.273. The molecule has 1 aromatic carbocycles. The lowest BCUT2D eigenvalue weighted by Gasteiger charge is -2.16. The second kappa shape index (κ2) is 8.21. The van der Waals surface area contributed by atoms with E-state index in [0.29, 0.717) is 12.3 Å². The smallest absolute Gasteiger partial charge is 0.320 e. The summed E-state index contributed by atoms with van der Waals surface area (Å²) >= 11 is 3.13. The van der Waals surface area contributed by atoms with Gasteiger partial charge in [0.1, 0.15) is 10.7 Å². The fraction of sp³-hybridized carbons (Fsp3) is 0.300. The van der Waals surface area contributed by atoms with Gasteiger partial charge in [-0.1, -0.05) is 36.4 Å². The molecule has 3 N–H and O–H groups in total. The van der Waals surface area contributed by atoms with Crippen LogP contribution in [-0.2, 0) is 0 Å². The van der Waals surface area contributed by atoms with E-state index in [0.717, 1.165) is 26.1 Å². The molecule has 2 aromatic heterocycles. The quantitative estimate of drug-likeness (QED) is 0.524. The molecule has 1 unspecified atom stereocenters. The Labute approximate surface area is 166 Å². The molecule has 140 valence electrons. The Kier molecular flexibility index (Phi) is 5.52. The lowest BCUT2D eigenvalue weighted by Crippen LogP contribution is -2.32. The van der Waals surface area contributed by atoms with Crippen LogP contribution in [0.4, 0.5) is 9.80 Å². The van der Waals surface area contributed by atoms with E-state index >= 15 is 0 Å². The summed E-state index contributed by atoms with van der Waals surface area (Å²) in [4.78, 5) is 18.5. The Balaban J connectivity index is 1.53. The van der Waals surface area contributed by atoms with E-state index in [2.05, 4.69) is 10.6 Å². The third kappa shape index (κ3) is 4.37. The van der Waals surface area contributed by atoms with Gasteiger partial charge in [-0.2, -0.15) is 0 Å². The standard InChI is InChI=1S/C20H21N3O2S2/c24-11-10-15(16-7-4-12-26-16)21-20(25)23-19-17(13-5-2-1-3-6-13)22-18(27-19)14-8-9-14/h1-7,12,14-15,24H,8-11H2,(H2,21,23,25). The monoisotopic (exact) mass is 399 g/mol. The van der Waals surface area contributed by atoms with Crippen LogP contribution in [0.15, 0.2) is 47.8 Å². The lowest BCUT2D eigenvalue weighted by atomic mass is 10.1. The van der Waals surface area contributed by atoms with Crippen LogP contribution in [0, 0.1) is 0 Å². The summed E-state index contributed by atoms with van der Waals surface area (Å²) in [5, 5.41) is 19.1. The van der Waals surface area contributed by atoms with Crippen molar-refractivity contribution in [1.29, 1.82) is 0 Å².